The molecule has 0 aliphatic heterocycles. The third-order valence-electron chi connectivity index (χ3n) is 1.43. The summed E-state index contributed by atoms with van der Waals surface area (Å²) in [6, 6.07) is -1.75. The zero-order valence-electron chi connectivity index (χ0n) is 7.38. The number of nitrogens with two attached hydrogens (primary N) is 1. The molecule has 78 valence electrons. The third kappa shape index (κ3) is 5.67. The maximum absolute atomic E-state index is 10.4. The standard InChI is InChI=1S/C6H11N5O3/c7-6(14)9-3-1-2-4(5(12)13)10-11-8/h4H,1-3H2,(H,12,13)(H3,7,9,14)/t4-/m1/s1. The Morgan fingerprint density at radius 2 is 2.29 bits per heavy atom. The monoisotopic (exact) mass is 201 g/mol. The lowest BCUT2D eigenvalue weighted by Crippen LogP contribution is -2.30. The third-order valence-corrected chi connectivity index (χ3v) is 1.43. The molecule has 0 rings (SSSR count). The Labute approximate surface area is 79.7 Å². The fourth-order valence-corrected chi connectivity index (χ4v) is 0.800. The van der Waals surface area contributed by atoms with Gasteiger partial charge in [-0.2, -0.15) is 0 Å². The average molecular weight is 201 g/mol. The van der Waals surface area contributed by atoms with E-state index in [0.717, 1.165) is 0 Å². The highest BCUT2D eigenvalue weighted by Crippen LogP contribution is 2.01. The van der Waals surface area contributed by atoms with Crippen molar-refractivity contribution in [2.75, 3.05) is 6.54 Å². The molecule has 8 nitrogen and oxygen atoms in total. The number of hydrogen-bond donors (Lipinski definition) is 3. The summed E-state index contributed by atoms with van der Waals surface area (Å²) in [5.74, 6) is -1.18. The Kier molecular flexibility index (Phi) is 5.64. The Morgan fingerprint density at radius 3 is 2.71 bits per heavy atom. The number of carbonyl (C=O) groups is 2. The van der Waals surface area contributed by atoms with Crippen LogP contribution in [-0.2, 0) is 4.79 Å². The summed E-state index contributed by atoms with van der Waals surface area (Å²) in [7, 11) is 0. The Balaban J connectivity index is 3.78. The van der Waals surface area contributed by atoms with Crippen molar-refractivity contribution in [1.29, 1.82) is 0 Å². The SMILES string of the molecule is [N-]=[N+]=N[C@H](CCCNC(N)=O)C(=O)O. The highest BCUT2D eigenvalue weighted by molar-refractivity contribution is 5.73. The lowest BCUT2D eigenvalue weighted by atomic mass is 10.2. The van der Waals surface area contributed by atoms with Crippen LogP contribution in [0.1, 0.15) is 12.8 Å². The van der Waals surface area contributed by atoms with Crippen LogP contribution < -0.4 is 11.1 Å². The molecule has 8 heteroatoms. The van der Waals surface area contributed by atoms with E-state index in [1.54, 1.807) is 0 Å². The Hall–Kier alpha value is -1.95. The first kappa shape index (κ1) is 12.0. The predicted octanol–water partition coefficient (Wildman–Crippen LogP) is 0.198. The van der Waals surface area contributed by atoms with Gasteiger partial charge in [-0.15, -0.1) is 0 Å². The number of hydrogen-bond acceptors (Lipinski definition) is 3. The van der Waals surface area contributed by atoms with Crippen LogP contribution in [0, 0.1) is 0 Å². The maximum Gasteiger partial charge on any atom is 0.312 e. The minimum Gasteiger partial charge on any atom is -0.481 e. The number of carboxylic acid groups (broad SMARTS) is 1. The number of nitrogens with one attached hydrogen (secondary N) is 1. The summed E-state index contributed by atoms with van der Waals surface area (Å²) in [6.45, 7) is 0.264. The molecule has 2 amide bonds. The molecule has 0 aliphatic carbocycles. The van der Waals surface area contributed by atoms with Gasteiger partial charge in [0.15, 0.2) is 0 Å². The quantitative estimate of drug-likeness (QED) is 0.244. The van der Waals surface area contributed by atoms with Crippen molar-refractivity contribution in [1.82, 2.24) is 5.32 Å². The zero-order valence-corrected chi connectivity index (χ0v) is 7.38. The van der Waals surface area contributed by atoms with E-state index in [1.165, 1.54) is 0 Å². The normalized spacial score (nSPS) is 11.1. The van der Waals surface area contributed by atoms with E-state index in [0.29, 0.717) is 6.42 Å². The van der Waals surface area contributed by atoms with Crippen LogP contribution >= 0.6 is 0 Å². The van der Waals surface area contributed by atoms with Gasteiger partial charge in [-0.3, -0.25) is 4.79 Å². The van der Waals surface area contributed by atoms with E-state index in [2.05, 4.69) is 15.3 Å². The summed E-state index contributed by atoms with van der Waals surface area (Å²) in [5.41, 5.74) is 12.8. The van der Waals surface area contributed by atoms with Gasteiger partial charge < -0.3 is 16.2 Å². The molecule has 0 unspecified atom stereocenters. The number of urea groups is 1. The predicted molar refractivity (Wildman–Crippen MR) is 47.4 cm³/mol. The van der Waals surface area contributed by atoms with Gasteiger partial charge >= 0.3 is 12.0 Å². The zero-order chi connectivity index (χ0) is 11.0. The van der Waals surface area contributed by atoms with Crippen molar-refractivity contribution in [3.63, 3.8) is 0 Å². The molecular weight excluding hydrogens is 190 g/mol. The summed E-state index contributed by atoms with van der Waals surface area (Å²) >= 11 is 0. The van der Waals surface area contributed by atoms with Crippen molar-refractivity contribution in [2.24, 2.45) is 10.8 Å². The van der Waals surface area contributed by atoms with Gasteiger partial charge in [-0.1, -0.05) is 5.11 Å². The molecule has 0 bridgehead atoms. The molecule has 0 radical (unpaired) electrons. The van der Waals surface area contributed by atoms with Crippen LogP contribution in [0.3, 0.4) is 0 Å². The lowest BCUT2D eigenvalue weighted by Gasteiger charge is -2.05. The maximum atomic E-state index is 10.4. The van der Waals surface area contributed by atoms with Gasteiger partial charge in [-0.05, 0) is 18.4 Å². The van der Waals surface area contributed by atoms with Gasteiger partial charge in [0.2, 0.25) is 0 Å². The fraction of sp³-hybridized carbons (Fsp3) is 0.667. The van der Waals surface area contributed by atoms with Gasteiger partial charge in [-0.25, -0.2) is 4.79 Å². The minimum atomic E-state index is -1.18. The Bertz CT molecular complexity index is 258. The second-order valence-electron chi connectivity index (χ2n) is 2.49. The van der Waals surface area contributed by atoms with Crippen LogP contribution in [0.4, 0.5) is 4.79 Å². The van der Waals surface area contributed by atoms with E-state index in [1.807, 2.05) is 0 Å². The van der Waals surface area contributed by atoms with E-state index in [-0.39, 0.29) is 13.0 Å². The number of azide groups is 1. The molecular formula is C6H11N5O3. The van der Waals surface area contributed by atoms with Crippen molar-refractivity contribution in [2.45, 2.75) is 18.9 Å². The summed E-state index contributed by atoms with van der Waals surface area (Å²) < 4.78 is 0. The molecule has 4 N–H and O–H groups in total. The molecule has 0 heterocycles. The highest BCUT2D eigenvalue weighted by atomic mass is 16.4. The molecule has 0 aromatic carbocycles. The van der Waals surface area contributed by atoms with E-state index in [9.17, 15) is 9.59 Å². The number of aliphatic carboxylic acids is 1. The first-order valence-corrected chi connectivity index (χ1v) is 3.88. The van der Waals surface area contributed by atoms with E-state index in [4.69, 9.17) is 16.4 Å². The van der Waals surface area contributed by atoms with E-state index < -0.39 is 18.0 Å². The highest BCUT2D eigenvalue weighted by Gasteiger charge is 2.14. The number of nitrogens with zero attached hydrogens (tertiary/aromatic N) is 3. The minimum absolute atomic E-state index is 0.166. The van der Waals surface area contributed by atoms with Crippen molar-refractivity contribution >= 4 is 12.0 Å². The molecule has 0 aliphatic rings. The number of carboxylic acids is 1. The van der Waals surface area contributed by atoms with Gasteiger partial charge in [0.05, 0.1) is 0 Å². The molecule has 0 fully saturated rings. The summed E-state index contributed by atoms with van der Waals surface area (Å²) in [5, 5.41) is 13.9. The molecule has 1 atom stereocenters. The molecule has 0 spiro atoms. The second-order valence-corrected chi connectivity index (χ2v) is 2.49. The van der Waals surface area contributed by atoms with Crippen LogP contribution in [0.15, 0.2) is 5.11 Å². The average Bonchev–Trinajstić information content (AvgIpc) is 2.09. The fourth-order valence-electron chi connectivity index (χ4n) is 0.800. The molecule has 0 aromatic rings. The van der Waals surface area contributed by atoms with Crippen molar-refractivity contribution in [3.05, 3.63) is 10.4 Å². The number of rotatable bonds is 6. The van der Waals surface area contributed by atoms with Crippen LogP contribution in [-0.4, -0.2) is 29.7 Å². The van der Waals surface area contributed by atoms with Crippen molar-refractivity contribution in [3.8, 4) is 0 Å². The van der Waals surface area contributed by atoms with Gasteiger partial charge in [0.1, 0.15) is 6.04 Å². The molecule has 0 saturated heterocycles. The topological polar surface area (TPSA) is 141 Å². The van der Waals surface area contributed by atoms with Crippen LogP contribution in [0.2, 0.25) is 0 Å². The smallest absolute Gasteiger partial charge is 0.312 e. The van der Waals surface area contributed by atoms with Crippen LogP contribution in [0.25, 0.3) is 10.4 Å². The Morgan fingerprint density at radius 1 is 1.64 bits per heavy atom. The largest absolute Gasteiger partial charge is 0.481 e. The first-order chi connectivity index (χ1) is 6.57. The number of carbonyl (C=O) groups excluding carboxylic acids is 1. The summed E-state index contributed by atoms with van der Waals surface area (Å²) in [6.07, 6.45) is 0.554. The number of amides is 2. The first-order valence-electron chi connectivity index (χ1n) is 3.88. The van der Waals surface area contributed by atoms with Crippen molar-refractivity contribution < 1.29 is 14.7 Å². The summed E-state index contributed by atoms with van der Waals surface area (Å²) in [4.78, 5) is 23.1. The second kappa shape index (κ2) is 6.55. The van der Waals surface area contributed by atoms with Gasteiger partial charge in [0.25, 0.3) is 0 Å². The molecule has 0 saturated carbocycles. The molecule has 14 heavy (non-hydrogen) atoms. The molecule has 0 aromatic heterocycles. The van der Waals surface area contributed by atoms with Gasteiger partial charge in [0, 0.05) is 11.5 Å². The number of primary amides is 1. The van der Waals surface area contributed by atoms with Crippen LogP contribution in [0.5, 0.6) is 0 Å². The lowest BCUT2D eigenvalue weighted by molar-refractivity contribution is -0.138. The van der Waals surface area contributed by atoms with E-state index >= 15 is 0 Å².